The van der Waals surface area contributed by atoms with Gasteiger partial charge >= 0.3 is 0 Å². The van der Waals surface area contributed by atoms with Gasteiger partial charge < -0.3 is 15.2 Å². The predicted molar refractivity (Wildman–Crippen MR) is 38.9 cm³/mol. The number of ether oxygens (including phenoxy) is 1. The van der Waals surface area contributed by atoms with Gasteiger partial charge in [0.1, 0.15) is 0 Å². The third kappa shape index (κ3) is 2.64. The highest BCUT2D eigenvalue weighted by Gasteiger charge is 2.14. The fourth-order valence-corrected chi connectivity index (χ4v) is 1.03. The lowest BCUT2D eigenvalue weighted by Gasteiger charge is -2.11. The van der Waals surface area contributed by atoms with Crippen molar-refractivity contribution in [3.05, 3.63) is 0 Å². The van der Waals surface area contributed by atoms with E-state index in [1.807, 2.05) is 0 Å². The number of hydrogen-bond acceptors (Lipinski definition) is 3. The molecule has 10 heavy (non-hydrogen) atoms. The Morgan fingerprint density at radius 1 is 1.80 bits per heavy atom. The molecule has 0 bridgehead atoms. The predicted octanol–water partition coefficient (Wildman–Crippen LogP) is -0.254. The Hall–Kier alpha value is -0.120. The Bertz CT molecular complexity index is 89.6. The van der Waals surface area contributed by atoms with E-state index in [1.54, 1.807) is 6.92 Å². The SMILES string of the molecule is C[C@@H](O)CNC1CCOC1. The van der Waals surface area contributed by atoms with Crippen LogP contribution >= 0.6 is 0 Å². The fourth-order valence-electron chi connectivity index (χ4n) is 1.03. The number of nitrogens with one attached hydrogen (secondary N) is 1. The zero-order valence-corrected chi connectivity index (χ0v) is 6.34. The highest BCUT2D eigenvalue weighted by molar-refractivity contribution is 4.71. The van der Waals surface area contributed by atoms with Gasteiger partial charge in [-0.15, -0.1) is 0 Å². The van der Waals surface area contributed by atoms with Gasteiger partial charge in [-0.1, -0.05) is 0 Å². The van der Waals surface area contributed by atoms with Crippen molar-refractivity contribution < 1.29 is 9.84 Å². The summed E-state index contributed by atoms with van der Waals surface area (Å²) in [5.74, 6) is 0. The maximum absolute atomic E-state index is 8.91. The molecule has 2 atom stereocenters. The first-order valence-corrected chi connectivity index (χ1v) is 3.78. The third-order valence-electron chi connectivity index (χ3n) is 1.63. The van der Waals surface area contributed by atoms with E-state index in [-0.39, 0.29) is 6.10 Å². The maximum Gasteiger partial charge on any atom is 0.0636 e. The lowest BCUT2D eigenvalue weighted by Crippen LogP contribution is -2.34. The van der Waals surface area contributed by atoms with E-state index in [1.165, 1.54) is 0 Å². The van der Waals surface area contributed by atoms with Crippen molar-refractivity contribution in [2.75, 3.05) is 19.8 Å². The van der Waals surface area contributed by atoms with Gasteiger partial charge in [-0.05, 0) is 13.3 Å². The molecule has 1 fully saturated rings. The van der Waals surface area contributed by atoms with Crippen LogP contribution in [0.1, 0.15) is 13.3 Å². The van der Waals surface area contributed by atoms with Gasteiger partial charge in [-0.2, -0.15) is 0 Å². The van der Waals surface area contributed by atoms with E-state index in [9.17, 15) is 0 Å². The number of aliphatic hydroxyl groups is 1. The van der Waals surface area contributed by atoms with Crippen molar-refractivity contribution >= 4 is 0 Å². The van der Waals surface area contributed by atoms with Gasteiger partial charge in [-0.25, -0.2) is 0 Å². The van der Waals surface area contributed by atoms with Gasteiger partial charge in [0.2, 0.25) is 0 Å². The minimum absolute atomic E-state index is 0.249. The van der Waals surface area contributed by atoms with E-state index in [0.29, 0.717) is 12.6 Å². The highest BCUT2D eigenvalue weighted by atomic mass is 16.5. The Balaban J connectivity index is 2.01. The standard InChI is InChI=1S/C7H15NO2/c1-6(9)4-8-7-2-3-10-5-7/h6-9H,2-5H2,1H3/t6-,7?/m1/s1. The van der Waals surface area contributed by atoms with Gasteiger partial charge in [0, 0.05) is 19.2 Å². The van der Waals surface area contributed by atoms with Crippen LogP contribution in [-0.2, 0) is 4.74 Å². The second-order valence-electron chi connectivity index (χ2n) is 2.82. The van der Waals surface area contributed by atoms with Gasteiger partial charge in [0.25, 0.3) is 0 Å². The van der Waals surface area contributed by atoms with Crippen LogP contribution in [-0.4, -0.2) is 37.0 Å². The lowest BCUT2D eigenvalue weighted by atomic mass is 10.2. The Kier molecular flexibility index (Phi) is 3.12. The van der Waals surface area contributed by atoms with Crippen molar-refractivity contribution in [1.29, 1.82) is 0 Å². The molecule has 1 aliphatic heterocycles. The molecular formula is C7H15NO2. The molecule has 2 N–H and O–H groups in total. The van der Waals surface area contributed by atoms with Crippen LogP contribution in [0.15, 0.2) is 0 Å². The average molecular weight is 145 g/mol. The van der Waals surface area contributed by atoms with Gasteiger partial charge in [-0.3, -0.25) is 0 Å². The first-order valence-electron chi connectivity index (χ1n) is 3.78. The molecule has 1 saturated heterocycles. The Morgan fingerprint density at radius 2 is 2.60 bits per heavy atom. The Labute approximate surface area is 61.4 Å². The minimum Gasteiger partial charge on any atom is -0.392 e. The van der Waals surface area contributed by atoms with E-state index in [4.69, 9.17) is 9.84 Å². The van der Waals surface area contributed by atoms with Gasteiger partial charge in [0.15, 0.2) is 0 Å². The molecular weight excluding hydrogens is 130 g/mol. The quantitative estimate of drug-likeness (QED) is 0.575. The van der Waals surface area contributed by atoms with Gasteiger partial charge in [0.05, 0.1) is 12.7 Å². The van der Waals surface area contributed by atoms with Crippen molar-refractivity contribution in [1.82, 2.24) is 5.32 Å². The van der Waals surface area contributed by atoms with Crippen LogP contribution in [0, 0.1) is 0 Å². The molecule has 0 aromatic carbocycles. The number of hydrogen-bond donors (Lipinski definition) is 2. The summed E-state index contributed by atoms with van der Waals surface area (Å²) in [7, 11) is 0. The van der Waals surface area contributed by atoms with E-state index in [0.717, 1.165) is 19.6 Å². The monoisotopic (exact) mass is 145 g/mol. The summed E-state index contributed by atoms with van der Waals surface area (Å²) in [6, 6.07) is 0.467. The van der Waals surface area contributed by atoms with Crippen LogP contribution in [0.3, 0.4) is 0 Å². The smallest absolute Gasteiger partial charge is 0.0636 e. The summed E-state index contributed by atoms with van der Waals surface area (Å²) in [6.07, 6.45) is 0.827. The van der Waals surface area contributed by atoms with Crippen LogP contribution in [0.2, 0.25) is 0 Å². The minimum atomic E-state index is -0.249. The van der Waals surface area contributed by atoms with Crippen LogP contribution in [0.25, 0.3) is 0 Å². The summed E-state index contributed by atoms with van der Waals surface area (Å²) >= 11 is 0. The molecule has 0 spiro atoms. The summed E-state index contributed by atoms with van der Waals surface area (Å²) in [4.78, 5) is 0. The number of aliphatic hydroxyl groups excluding tert-OH is 1. The van der Waals surface area contributed by atoms with Crippen molar-refractivity contribution in [3.63, 3.8) is 0 Å². The van der Waals surface area contributed by atoms with Crippen LogP contribution < -0.4 is 5.32 Å². The van der Waals surface area contributed by atoms with E-state index in [2.05, 4.69) is 5.32 Å². The zero-order valence-electron chi connectivity index (χ0n) is 6.34. The zero-order chi connectivity index (χ0) is 7.40. The molecule has 1 rings (SSSR count). The molecule has 1 heterocycles. The second-order valence-corrected chi connectivity index (χ2v) is 2.82. The molecule has 60 valence electrons. The van der Waals surface area contributed by atoms with Crippen molar-refractivity contribution in [2.45, 2.75) is 25.5 Å². The molecule has 3 heteroatoms. The third-order valence-corrected chi connectivity index (χ3v) is 1.63. The number of rotatable bonds is 3. The van der Waals surface area contributed by atoms with E-state index < -0.39 is 0 Å². The van der Waals surface area contributed by atoms with Crippen LogP contribution in [0.5, 0.6) is 0 Å². The summed E-state index contributed by atoms with van der Waals surface area (Å²) in [5, 5.41) is 12.1. The molecule has 1 aliphatic rings. The molecule has 0 aliphatic carbocycles. The molecule has 1 unspecified atom stereocenters. The lowest BCUT2D eigenvalue weighted by molar-refractivity contribution is 0.171. The average Bonchev–Trinajstić information content (AvgIpc) is 2.34. The summed E-state index contributed by atoms with van der Waals surface area (Å²) in [6.45, 7) is 4.11. The first-order chi connectivity index (χ1) is 4.79. The molecule has 0 amide bonds. The van der Waals surface area contributed by atoms with Crippen molar-refractivity contribution in [3.8, 4) is 0 Å². The van der Waals surface area contributed by atoms with Crippen LogP contribution in [0.4, 0.5) is 0 Å². The maximum atomic E-state index is 8.91. The fraction of sp³-hybridized carbons (Fsp3) is 1.00. The largest absolute Gasteiger partial charge is 0.392 e. The molecule has 0 saturated carbocycles. The molecule has 3 nitrogen and oxygen atoms in total. The summed E-state index contributed by atoms with van der Waals surface area (Å²) in [5.41, 5.74) is 0. The van der Waals surface area contributed by atoms with Crippen molar-refractivity contribution in [2.24, 2.45) is 0 Å². The highest BCUT2D eigenvalue weighted by Crippen LogP contribution is 2.02. The summed E-state index contributed by atoms with van der Waals surface area (Å²) < 4.78 is 5.15. The topological polar surface area (TPSA) is 41.5 Å². The normalized spacial score (nSPS) is 28.8. The molecule has 0 aromatic rings. The molecule has 0 aromatic heterocycles. The second kappa shape index (κ2) is 3.91. The first kappa shape index (κ1) is 7.98. The molecule has 0 radical (unpaired) electrons. The Morgan fingerprint density at radius 3 is 3.10 bits per heavy atom. The van der Waals surface area contributed by atoms with E-state index >= 15 is 0 Å².